The number of nitrogens with zero attached hydrogens (tertiary/aromatic N) is 5. The maximum absolute atomic E-state index is 14.6. The van der Waals surface area contributed by atoms with Crippen LogP contribution >= 0.6 is 11.3 Å². The molecule has 282 valence electrons. The van der Waals surface area contributed by atoms with E-state index in [1.165, 1.54) is 21.0 Å². The Labute approximate surface area is 315 Å². The number of anilines is 1. The number of urea groups is 1. The van der Waals surface area contributed by atoms with Gasteiger partial charge in [-0.05, 0) is 74.2 Å². The summed E-state index contributed by atoms with van der Waals surface area (Å²) in [4.78, 5) is 62.1. The molecule has 1 saturated carbocycles. The summed E-state index contributed by atoms with van der Waals surface area (Å²) < 4.78 is 10.6. The maximum Gasteiger partial charge on any atom is 0.330 e. The standard InChI is InChI=1S/C38H42N8O7S/c1-52-27-14-10-23(11-15-27)31-32(34-39-18-19-54-34)44-46(43-31)26-20-30-33(47)42-38(36(49)50)21-24(38)8-6-4-3-5-7-9-29(35(48)45(30)22-26)41-37(51)40-25-12-16-28(53-2)17-13-25/h6,8,10-19,24,26,29-30H,3-5,7,9,20-22H2,1-2H3,(H,42,47)(H,49,50)(H2,40,41,51)/b8-6-/t24-,26?,29-,30+,38+/m1/s1. The number of rotatable bonds is 8. The van der Waals surface area contributed by atoms with Gasteiger partial charge < -0.3 is 35.4 Å². The molecule has 3 aliphatic rings. The lowest BCUT2D eigenvalue weighted by atomic mass is 10.0. The van der Waals surface area contributed by atoms with Crippen LogP contribution in [0.2, 0.25) is 0 Å². The van der Waals surface area contributed by atoms with Crippen LogP contribution in [0.3, 0.4) is 0 Å². The fourth-order valence-corrected chi connectivity index (χ4v) is 7.78. The van der Waals surface area contributed by atoms with Gasteiger partial charge in [0.2, 0.25) is 11.8 Å². The monoisotopic (exact) mass is 754 g/mol. The molecule has 5 atom stereocenters. The molecule has 15 nitrogen and oxygen atoms in total. The summed E-state index contributed by atoms with van der Waals surface area (Å²) in [6.45, 7) is 0.0483. The molecule has 1 unspecified atom stereocenters. The van der Waals surface area contributed by atoms with Crippen molar-refractivity contribution in [3.8, 4) is 33.5 Å². The highest BCUT2D eigenvalue weighted by atomic mass is 32.1. The first kappa shape index (κ1) is 36.6. The van der Waals surface area contributed by atoms with Crippen molar-refractivity contribution in [2.75, 3.05) is 26.1 Å². The van der Waals surface area contributed by atoms with Crippen molar-refractivity contribution in [1.29, 1.82) is 0 Å². The number of hydrogen-bond acceptors (Lipinski definition) is 10. The number of carbonyl (C=O) groups excluding carboxylic acids is 3. The van der Waals surface area contributed by atoms with Crippen molar-refractivity contribution < 1.29 is 33.8 Å². The lowest BCUT2D eigenvalue weighted by molar-refractivity contribution is -0.145. The molecule has 4 aromatic rings. The molecule has 54 heavy (non-hydrogen) atoms. The molecule has 1 aliphatic carbocycles. The molecule has 4 amide bonds. The summed E-state index contributed by atoms with van der Waals surface area (Å²) in [5, 5.41) is 31.0. The Hall–Kier alpha value is -5.77. The summed E-state index contributed by atoms with van der Waals surface area (Å²) in [5.74, 6) is -1.20. The number of nitrogens with one attached hydrogen (secondary N) is 3. The van der Waals surface area contributed by atoms with Gasteiger partial charge in [0.25, 0.3) is 0 Å². The highest BCUT2D eigenvalue weighted by molar-refractivity contribution is 7.13. The summed E-state index contributed by atoms with van der Waals surface area (Å²) in [7, 11) is 3.14. The Morgan fingerprint density at radius 1 is 0.981 bits per heavy atom. The normalized spacial score (nSPS) is 24.9. The number of ether oxygens (including phenoxy) is 2. The van der Waals surface area contributed by atoms with Crippen LogP contribution in [0.1, 0.15) is 51.0 Å². The van der Waals surface area contributed by atoms with E-state index in [0.29, 0.717) is 46.4 Å². The molecule has 0 radical (unpaired) electrons. The van der Waals surface area contributed by atoms with Crippen molar-refractivity contribution >= 4 is 40.8 Å². The van der Waals surface area contributed by atoms with Gasteiger partial charge >= 0.3 is 12.0 Å². The zero-order valence-corrected chi connectivity index (χ0v) is 30.8. The van der Waals surface area contributed by atoms with Crippen molar-refractivity contribution in [3.63, 3.8) is 0 Å². The number of aromatic nitrogens is 4. The van der Waals surface area contributed by atoms with Crippen LogP contribution in [0.5, 0.6) is 11.5 Å². The minimum absolute atomic E-state index is 0.0483. The van der Waals surface area contributed by atoms with Crippen molar-refractivity contribution in [3.05, 3.63) is 72.3 Å². The predicted molar refractivity (Wildman–Crippen MR) is 200 cm³/mol. The Balaban J connectivity index is 1.21. The SMILES string of the molecule is COc1ccc(NC(=O)N[C@@H]2CCCCC/C=C\[C@@H]3C[C@]3(C(=O)O)NC(=O)[C@@H]3CC(n4nc(-c5ccc(OC)cc5)c(-c5nccs5)n4)CN3C2=O)cc1. The van der Waals surface area contributed by atoms with E-state index < -0.39 is 47.5 Å². The smallest absolute Gasteiger partial charge is 0.330 e. The Kier molecular flexibility index (Phi) is 10.6. The second-order valence-electron chi connectivity index (χ2n) is 13.7. The highest BCUT2D eigenvalue weighted by Crippen LogP contribution is 2.46. The van der Waals surface area contributed by atoms with Crippen molar-refractivity contribution in [2.24, 2.45) is 5.92 Å². The van der Waals surface area contributed by atoms with Crippen LogP contribution in [-0.2, 0) is 14.4 Å². The van der Waals surface area contributed by atoms with Crippen LogP contribution in [0.15, 0.2) is 72.3 Å². The van der Waals surface area contributed by atoms with Gasteiger partial charge in [-0.2, -0.15) is 9.90 Å². The van der Waals surface area contributed by atoms with Gasteiger partial charge in [0, 0.05) is 41.7 Å². The van der Waals surface area contributed by atoms with Gasteiger partial charge in [0.15, 0.2) is 0 Å². The topological polar surface area (TPSA) is 190 Å². The molecule has 2 fully saturated rings. The van der Waals surface area contributed by atoms with Gasteiger partial charge in [-0.25, -0.2) is 14.6 Å². The van der Waals surface area contributed by atoms with Gasteiger partial charge in [-0.15, -0.1) is 16.4 Å². The summed E-state index contributed by atoms with van der Waals surface area (Å²) in [5.41, 5.74) is 0.939. The van der Waals surface area contributed by atoms with Crippen molar-refractivity contribution in [1.82, 2.24) is 35.5 Å². The second-order valence-corrected chi connectivity index (χ2v) is 14.6. The van der Waals surface area contributed by atoms with Crippen LogP contribution in [-0.4, -0.2) is 92.2 Å². The lowest BCUT2D eigenvalue weighted by Crippen LogP contribution is -2.56. The maximum atomic E-state index is 14.6. The van der Waals surface area contributed by atoms with E-state index in [9.17, 15) is 24.3 Å². The number of thiazole rings is 1. The van der Waals surface area contributed by atoms with E-state index in [4.69, 9.17) is 19.7 Å². The molecule has 2 aromatic carbocycles. The highest BCUT2D eigenvalue weighted by Gasteiger charge is 2.61. The van der Waals surface area contributed by atoms with Gasteiger partial charge in [-0.1, -0.05) is 25.0 Å². The quantitative estimate of drug-likeness (QED) is 0.180. The third kappa shape index (κ3) is 7.64. The zero-order chi connectivity index (χ0) is 37.8. The average molecular weight is 755 g/mol. The molecule has 4 N–H and O–H groups in total. The molecule has 2 aromatic heterocycles. The van der Waals surface area contributed by atoms with E-state index in [0.717, 1.165) is 24.8 Å². The first-order valence-electron chi connectivity index (χ1n) is 17.9. The summed E-state index contributed by atoms with van der Waals surface area (Å²) in [6, 6.07) is 11.1. The Morgan fingerprint density at radius 3 is 2.39 bits per heavy atom. The van der Waals surface area contributed by atoms with Crippen LogP contribution in [0.25, 0.3) is 22.0 Å². The van der Waals surface area contributed by atoms with Crippen LogP contribution < -0.4 is 25.4 Å². The number of aliphatic carboxylic acids is 1. The van der Waals surface area contributed by atoms with Gasteiger partial charge in [0.05, 0.1) is 20.3 Å². The van der Waals surface area contributed by atoms with Crippen LogP contribution in [0, 0.1) is 5.92 Å². The number of allylic oxidation sites excluding steroid dienone is 1. The number of methoxy groups -OCH3 is 2. The molecule has 1 saturated heterocycles. The third-order valence-electron chi connectivity index (χ3n) is 10.2. The fourth-order valence-electron chi connectivity index (χ4n) is 7.16. The first-order chi connectivity index (χ1) is 26.2. The lowest BCUT2D eigenvalue weighted by Gasteiger charge is -2.29. The Bertz CT molecular complexity index is 2020. The number of carbonyl (C=O) groups is 4. The number of carboxylic acids is 1. The first-order valence-corrected chi connectivity index (χ1v) is 18.8. The Morgan fingerprint density at radius 2 is 1.70 bits per heavy atom. The predicted octanol–water partition coefficient (Wildman–Crippen LogP) is 4.90. The molecule has 0 spiro atoms. The van der Waals surface area contributed by atoms with E-state index in [1.54, 1.807) is 44.7 Å². The molecule has 4 heterocycles. The minimum Gasteiger partial charge on any atom is -0.497 e. The van der Waals surface area contributed by atoms with Gasteiger partial charge in [0.1, 0.15) is 45.5 Å². The van der Waals surface area contributed by atoms with E-state index in [1.807, 2.05) is 41.8 Å². The molecule has 7 rings (SSSR count). The third-order valence-corrected chi connectivity index (χ3v) is 11.0. The molecular formula is C38H42N8O7S. The fraction of sp³-hybridized carbons (Fsp3) is 0.395. The minimum atomic E-state index is -1.46. The number of hydrogen-bond donors (Lipinski definition) is 4. The van der Waals surface area contributed by atoms with Gasteiger partial charge in [-0.3, -0.25) is 9.59 Å². The summed E-state index contributed by atoms with van der Waals surface area (Å²) in [6.07, 6.45) is 9.23. The van der Waals surface area contributed by atoms with E-state index >= 15 is 0 Å². The van der Waals surface area contributed by atoms with Crippen LogP contribution in [0.4, 0.5) is 10.5 Å². The van der Waals surface area contributed by atoms with E-state index in [2.05, 4.69) is 20.9 Å². The summed E-state index contributed by atoms with van der Waals surface area (Å²) >= 11 is 1.41. The molecule has 0 bridgehead atoms. The number of amides is 4. The van der Waals surface area contributed by atoms with E-state index in [-0.39, 0.29) is 25.3 Å². The average Bonchev–Trinajstić information content (AvgIpc) is 3.63. The second kappa shape index (κ2) is 15.7. The molecule has 2 aliphatic heterocycles. The number of carboxylic acid groups (broad SMARTS) is 1. The molecular weight excluding hydrogens is 713 g/mol. The molecule has 16 heteroatoms. The van der Waals surface area contributed by atoms with Crippen molar-refractivity contribution in [2.45, 2.75) is 68.6 Å². The number of fused-ring (bicyclic) bond motifs is 2. The zero-order valence-electron chi connectivity index (χ0n) is 29.9. The number of benzene rings is 2. The largest absolute Gasteiger partial charge is 0.497 e.